The summed E-state index contributed by atoms with van der Waals surface area (Å²) >= 11 is 9.54. The summed E-state index contributed by atoms with van der Waals surface area (Å²) in [6.45, 7) is 5.74. The highest BCUT2D eigenvalue weighted by Crippen LogP contribution is 2.25. The van der Waals surface area contributed by atoms with Gasteiger partial charge in [0, 0.05) is 23.3 Å². The molecular formula is C13H19BrClN3. The molecule has 18 heavy (non-hydrogen) atoms. The monoisotopic (exact) mass is 331 g/mol. The molecule has 2 rings (SSSR count). The normalized spacial score (nSPS) is 21.6. The topological polar surface area (TPSA) is 28.2 Å². The van der Waals surface area contributed by atoms with Crippen LogP contribution in [-0.4, -0.2) is 35.6 Å². The number of halogens is 2. The molecule has 1 unspecified atom stereocenters. The Kier molecular flexibility index (Phi) is 5.27. The lowest BCUT2D eigenvalue weighted by atomic mass is 10.1. The molecular weight excluding hydrogens is 314 g/mol. The Hall–Kier alpha value is -0.320. The minimum atomic E-state index is 0.496. The third kappa shape index (κ3) is 3.84. The van der Waals surface area contributed by atoms with Gasteiger partial charge in [0.2, 0.25) is 0 Å². The first-order valence-corrected chi connectivity index (χ1v) is 7.66. The molecule has 1 atom stereocenters. The van der Waals surface area contributed by atoms with Gasteiger partial charge in [-0.25, -0.2) is 4.98 Å². The Bertz CT molecular complexity index is 400. The van der Waals surface area contributed by atoms with Crippen LogP contribution in [0.15, 0.2) is 16.7 Å². The summed E-state index contributed by atoms with van der Waals surface area (Å²) in [4.78, 5) is 6.65. The van der Waals surface area contributed by atoms with Crippen LogP contribution in [0.5, 0.6) is 0 Å². The predicted molar refractivity (Wildman–Crippen MR) is 80.3 cm³/mol. The first-order valence-electron chi connectivity index (χ1n) is 6.49. The third-order valence-electron chi connectivity index (χ3n) is 3.43. The van der Waals surface area contributed by atoms with Crippen molar-refractivity contribution in [2.24, 2.45) is 0 Å². The van der Waals surface area contributed by atoms with E-state index in [9.17, 15) is 0 Å². The van der Waals surface area contributed by atoms with E-state index in [1.165, 1.54) is 19.4 Å². The van der Waals surface area contributed by atoms with Gasteiger partial charge in [0.05, 0.1) is 5.69 Å². The van der Waals surface area contributed by atoms with E-state index in [0.29, 0.717) is 11.2 Å². The van der Waals surface area contributed by atoms with E-state index in [2.05, 4.69) is 38.1 Å². The van der Waals surface area contributed by atoms with Gasteiger partial charge in [0.25, 0.3) is 0 Å². The summed E-state index contributed by atoms with van der Waals surface area (Å²) in [5, 5.41) is 4.07. The Labute approximate surface area is 122 Å². The van der Waals surface area contributed by atoms with Crippen LogP contribution in [0.25, 0.3) is 0 Å². The maximum Gasteiger partial charge on any atom is 0.152 e. The van der Waals surface area contributed by atoms with Gasteiger partial charge in [0.15, 0.2) is 5.15 Å². The van der Waals surface area contributed by atoms with Crippen molar-refractivity contribution in [2.45, 2.75) is 32.2 Å². The fourth-order valence-corrected chi connectivity index (χ4v) is 2.85. The molecule has 5 heteroatoms. The number of aromatic nitrogens is 1. The van der Waals surface area contributed by atoms with Gasteiger partial charge in [-0.3, -0.25) is 0 Å². The SMILES string of the molecule is CCN1CCCC(Nc2cc(Br)cnc2Cl)CC1. The van der Waals surface area contributed by atoms with Crippen molar-refractivity contribution in [1.82, 2.24) is 9.88 Å². The van der Waals surface area contributed by atoms with Crippen LogP contribution in [0.2, 0.25) is 5.15 Å². The van der Waals surface area contributed by atoms with Crippen LogP contribution in [0.1, 0.15) is 26.2 Å². The lowest BCUT2D eigenvalue weighted by Gasteiger charge is -2.19. The van der Waals surface area contributed by atoms with E-state index < -0.39 is 0 Å². The molecule has 0 spiro atoms. The van der Waals surface area contributed by atoms with Gasteiger partial charge >= 0.3 is 0 Å². The van der Waals surface area contributed by atoms with Crippen LogP contribution in [0.3, 0.4) is 0 Å². The number of nitrogens with one attached hydrogen (secondary N) is 1. The molecule has 0 aliphatic carbocycles. The number of anilines is 1. The molecule has 100 valence electrons. The predicted octanol–water partition coefficient (Wildman–Crippen LogP) is 3.78. The van der Waals surface area contributed by atoms with Crippen molar-refractivity contribution in [3.63, 3.8) is 0 Å². The third-order valence-corrected chi connectivity index (χ3v) is 4.17. The molecule has 0 amide bonds. The van der Waals surface area contributed by atoms with Gasteiger partial charge in [-0.2, -0.15) is 0 Å². The van der Waals surface area contributed by atoms with E-state index in [-0.39, 0.29) is 0 Å². The summed E-state index contributed by atoms with van der Waals surface area (Å²) in [5.74, 6) is 0. The van der Waals surface area contributed by atoms with E-state index in [0.717, 1.165) is 29.7 Å². The smallest absolute Gasteiger partial charge is 0.152 e. The van der Waals surface area contributed by atoms with Crippen molar-refractivity contribution in [1.29, 1.82) is 0 Å². The van der Waals surface area contributed by atoms with Crippen molar-refractivity contribution in [3.05, 3.63) is 21.9 Å². The molecule has 3 nitrogen and oxygen atoms in total. The molecule has 0 saturated carbocycles. The second kappa shape index (κ2) is 6.73. The first-order chi connectivity index (χ1) is 8.69. The zero-order valence-electron chi connectivity index (χ0n) is 10.6. The van der Waals surface area contributed by atoms with Gasteiger partial charge in [-0.05, 0) is 54.3 Å². The quantitative estimate of drug-likeness (QED) is 0.854. The molecule has 1 aliphatic rings. The Morgan fingerprint density at radius 3 is 3.11 bits per heavy atom. The zero-order valence-corrected chi connectivity index (χ0v) is 13.0. The van der Waals surface area contributed by atoms with E-state index in [1.807, 2.05) is 6.07 Å². The number of hydrogen-bond acceptors (Lipinski definition) is 3. The lowest BCUT2D eigenvalue weighted by molar-refractivity contribution is 0.300. The fraction of sp³-hybridized carbons (Fsp3) is 0.615. The van der Waals surface area contributed by atoms with Crippen LogP contribution in [0.4, 0.5) is 5.69 Å². The number of rotatable bonds is 3. The second-order valence-corrected chi connectivity index (χ2v) is 5.97. The van der Waals surface area contributed by atoms with Crippen molar-refractivity contribution >= 4 is 33.2 Å². The number of pyridine rings is 1. The van der Waals surface area contributed by atoms with Gasteiger partial charge in [-0.1, -0.05) is 18.5 Å². The van der Waals surface area contributed by atoms with Crippen molar-refractivity contribution in [2.75, 3.05) is 25.0 Å². The molecule has 1 aromatic rings. The van der Waals surface area contributed by atoms with Crippen molar-refractivity contribution in [3.8, 4) is 0 Å². The molecule has 0 aromatic carbocycles. The maximum absolute atomic E-state index is 6.11. The minimum Gasteiger partial charge on any atom is -0.380 e. The average molecular weight is 333 g/mol. The number of nitrogens with zero attached hydrogens (tertiary/aromatic N) is 2. The summed E-state index contributed by atoms with van der Waals surface area (Å²) in [6, 6.07) is 2.49. The molecule has 1 aromatic heterocycles. The number of hydrogen-bond donors (Lipinski definition) is 1. The van der Waals surface area contributed by atoms with Crippen molar-refractivity contribution < 1.29 is 0 Å². The van der Waals surface area contributed by atoms with Crippen LogP contribution < -0.4 is 5.32 Å². The van der Waals surface area contributed by atoms with Gasteiger partial charge in [-0.15, -0.1) is 0 Å². The highest BCUT2D eigenvalue weighted by molar-refractivity contribution is 9.10. The first kappa shape index (κ1) is 14.1. The molecule has 1 aliphatic heterocycles. The van der Waals surface area contributed by atoms with Crippen LogP contribution >= 0.6 is 27.5 Å². The second-order valence-electron chi connectivity index (χ2n) is 4.70. The Morgan fingerprint density at radius 2 is 2.33 bits per heavy atom. The summed E-state index contributed by atoms with van der Waals surface area (Å²) in [6.07, 6.45) is 5.32. The Morgan fingerprint density at radius 1 is 1.50 bits per heavy atom. The van der Waals surface area contributed by atoms with E-state index in [1.54, 1.807) is 6.20 Å². The van der Waals surface area contributed by atoms with Gasteiger partial charge < -0.3 is 10.2 Å². The molecule has 1 saturated heterocycles. The van der Waals surface area contributed by atoms with E-state index in [4.69, 9.17) is 11.6 Å². The highest BCUT2D eigenvalue weighted by atomic mass is 79.9. The number of likely N-dealkylation sites (tertiary alicyclic amines) is 1. The molecule has 0 radical (unpaired) electrons. The summed E-state index contributed by atoms with van der Waals surface area (Å²) < 4.78 is 0.957. The maximum atomic E-state index is 6.11. The lowest BCUT2D eigenvalue weighted by Crippen LogP contribution is -2.26. The summed E-state index contributed by atoms with van der Waals surface area (Å²) in [5.41, 5.74) is 0.931. The van der Waals surface area contributed by atoms with Crippen LogP contribution in [0, 0.1) is 0 Å². The summed E-state index contributed by atoms with van der Waals surface area (Å²) in [7, 11) is 0. The largest absolute Gasteiger partial charge is 0.380 e. The van der Waals surface area contributed by atoms with E-state index >= 15 is 0 Å². The molecule has 2 heterocycles. The Balaban J connectivity index is 1.98. The molecule has 1 fully saturated rings. The highest BCUT2D eigenvalue weighted by Gasteiger charge is 2.16. The molecule has 0 bridgehead atoms. The van der Waals surface area contributed by atoms with Gasteiger partial charge in [0.1, 0.15) is 0 Å². The zero-order chi connectivity index (χ0) is 13.0. The average Bonchev–Trinajstić information content (AvgIpc) is 2.59. The van der Waals surface area contributed by atoms with Crippen LogP contribution in [-0.2, 0) is 0 Å². The minimum absolute atomic E-state index is 0.496. The standard InChI is InChI=1S/C13H19BrClN3/c1-2-18-6-3-4-11(5-7-18)17-12-8-10(14)9-16-13(12)15/h8-9,11,17H,2-7H2,1H3. The molecule has 1 N–H and O–H groups in total. The fourth-order valence-electron chi connectivity index (χ4n) is 2.36.